The van der Waals surface area contributed by atoms with Crippen molar-refractivity contribution < 1.29 is 9.18 Å². The van der Waals surface area contributed by atoms with Crippen molar-refractivity contribution in [3.8, 4) is 0 Å². The maximum atomic E-state index is 13.9. The van der Waals surface area contributed by atoms with Crippen molar-refractivity contribution in [3.05, 3.63) is 23.6 Å². The van der Waals surface area contributed by atoms with Gasteiger partial charge in [-0.2, -0.15) is 0 Å². The van der Waals surface area contributed by atoms with Crippen LogP contribution in [0.25, 0.3) is 0 Å². The summed E-state index contributed by atoms with van der Waals surface area (Å²) in [6, 6.07) is 1.42. The van der Waals surface area contributed by atoms with E-state index in [1.807, 2.05) is 0 Å². The first-order valence-corrected chi connectivity index (χ1v) is 6.12. The van der Waals surface area contributed by atoms with Crippen LogP contribution in [-0.4, -0.2) is 36.4 Å². The number of hydrogen-bond acceptors (Lipinski definition) is 3. The highest BCUT2D eigenvalue weighted by Gasteiger charge is 2.34. The average molecular weight is 251 g/mol. The molecule has 4 nitrogen and oxygen atoms in total. The zero-order chi connectivity index (χ0) is 13.3. The number of halogens is 1. The molecule has 0 radical (unpaired) electrons. The van der Waals surface area contributed by atoms with Gasteiger partial charge in [0.1, 0.15) is 0 Å². The van der Waals surface area contributed by atoms with Crippen LogP contribution in [0.2, 0.25) is 0 Å². The van der Waals surface area contributed by atoms with E-state index in [1.54, 1.807) is 19.0 Å². The van der Waals surface area contributed by atoms with E-state index in [1.165, 1.54) is 12.3 Å². The quantitative estimate of drug-likeness (QED) is 0.890. The van der Waals surface area contributed by atoms with E-state index >= 15 is 0 Å². The van der Waals surface area contributed by atoms with Crippen LogP contribution in [0, 0.1) is 17.7 Å². The number of carbonyl (C=O) groups is 1. The maximum Gasteiger partial charge on any atom is 0.256 e. The Labute approximate surface area is 106 Å². The van der Waals surface area contributed by atoms with E-state index in [0.717, 1.165) is 6.42 Å². The Morgan fingerprint density at radius 2 is 2.33 bits per heavy atom. The summed E-state index contributed by atoms with van der Waals surface area (Å²) in [5, 5.41) is 2.63. The Morgan fingerprint density at radius 3 is 2.89 bits per heavy atom. The molecule has 1 aliphatic rings. The van der Waals surface area contributed by atoms with E-state index in [-0.39, 0.29) is 17.3 Å². The minimum absolute atomic E-state index is 0.0742. The molecular formula is C13H18FN3O. The Kier molecular flexibility index (Phi) is 3.50. The molecule has 1 fully saturated rings. The van der Waals surface area contributed by atoms with Crippen LogP contribution in [0.4, 0.5) is 10.2 Å². The number of carbonyl (C=O) groups excluding carboxylic acids is 1. The minimum Gasteiger partial charge on any atom is -0.371 e. The Morgan fingerprint density at radius 1 is 1.67 bits per heavy atom. The molecule has 1 N–H and O–H groups in total. The highest BCUT2D eigenvalue weighted by atomic mass is 19.1. The largest absolute Gasteiger partial charge is 0.371 e. The zero-order valence-electron chi connectivity index (χ0n) is 10.9. The van der Waals surface area contributed by atoms with Crippen molar-refractivity contribution in [2.45, 2.75) is 13.3 Å². The maximum absolute atomic E-state index is 13.9. The summed E-state index contributed by atoms with van der Waals surface area (Å²) in [4.78, 5) is 17.6. The van der Waals surface area contributed by atoms with Crippen molar-refractivity contribution in [2.24, 2.45) is 11.8 Å². The number of nitrogens with zero attached hydrogens (tertiary/aromatic N) is 2. The van der Waals surface area contributed by atoms with Crippen LogP contribution >= 0.6 is 0 Å². The van der Waals surface area contributed by atoms with Gasteiger partial charge in [0.25, 0.3) is 5.91 Å². The first-order chi connectivity index (χ1) is 8.54. The van der Waals surface area contributed by atoms with Gasteiger partial charge in [0.05, 0.1) is 5.56 Å². The second-order valence-electron chi connectivity index (χ2n) is 4.93. The summed E-state index contributed by atoms with van der Waals surface area (Å²) < 4.78 is 13.9. The fraction of sp³-hybridized carbons (Fsp3) is 0.538. The molecule has 98 valence electrons. The smallest absolute Gasteiger partial charge is 0.256 e. The average Bonchev–Trinajstić information content (AvgIpc) is 3.04. The lowest BCUT2D eigenvalue weighted by Gasteiger charge is -2.17. The molecule has 0 spiro atoms. The fourth-order valence-corrected chi connectivity index (χ4v) is 2.08. The first-order valence-electron chi connectivity index (χ1n) is 6.12. The molecule has 1 aromatic heterocycles. The lowest BCUT2D eigenvalue weighted by atomic mass is 10.2. The molecule has 1 saturated carbocycles. The number of rotatable bonds is 4. The molecule has 1 amide bonds. The molecule has 1 aliphatic carbocycles. The summed E-state index contributed by atoms with van der Waals surface area (Å²) in [7, 11) is 3.29. The number of hydrogen-bond donors (Lipinski definition) is 1. The molecule has 2 atom stereocenters. The van der Waals surface area contributed by atoms with Crippen molar-refractivity contribution in [3.63, 3.8) is 0 Å². The molecule has 5 heteroatoms. The van der Waals surface area contributed by atoms with E-state index in [2.05, 4.69) is 17.2 Å². The molecular weight excluding hydrogens is 233 g/mol. The second-order valence-corrected chi connectivity index (χ2v) is 4.93. The normalized spacial score (nSPS) is 21.6. The number of amides is 1. The van der Waals surface area contributed by atoms with Crippen molar-refractivity contribution in [1.82, 2.24) is 9.88 Å². The van der Waals surface area contributed by atoms with E-state index in [0.29, 0.717) is 18.4 Å². The number of pyridine rings is 1. The highest BCUT2D eigenvalue weighted by molar-refractivity contribution is 5.95. The summed E-state index contributed by atoms with van der Waals surface area (Å²) >= 11 is 0. The third-order valence-electron chi connectivity index (χ3n) is 3.49. The molecule has 0 bridgehead atoms. The second kappa shape index (κ2) is 4.92. The summed E-state index contributed by atoms with van der Waals surface area (Å²) in [5.41, 5.74) is 0.0742. The van der Waals surface area contributed by atoms with Gasteiger partial charge in [0, 0.05) is 26.8 Å². The minimum atomic E-state index is -0.583. The van der Waals surface area contributed by atoms with Crippen LogP contribution in [0.15, 0.2) is 12.3 Å². The SMILES string of the molecule is CNc1nccc(C(=O)N(C)CC2CC2C)c1F. The summed E-state index contributed by atoms with van der Waals surface area (Å²) in [6.07, 6.45) is 2.59. The molecule has 2 unspecified atom stereocenters. The Bertz CT molecular complexity index is 464. The highest BCUT2D eigenvalue weighted by Crippen LogP contribution is 2.38. The van der Waals surface area contributed by atoms with Gasteiger partial charge < -0.3 is 10.2 Å². The molecule has 18 heavy (non-hydrogen) atoms. The van der Waals surface area contributed by atoms with Gasteiger partial charge >= 0.3 is 0 Å². The fourth-order valence-electron chi connectivity index (χ4n) is 2.08. The third kappa shape index (κ3) is 2.44. The number of nitrogens with one attached hydrogen (secondary N) is 1. The van der Waals surface area contributed by atoms with Gasteiger partial charge in [-0.25, -0.2) is 9.37 Å². The van der Waals surface area contributed by atoms with E-state index in [4.69, 9.17) is 0 Å². The van der Waals surface area contributed by atoms with Gasteiger partial charge in [-0.1, -0.05) is 6.92 Å². The molecule has 0 aliphatic heterocycles. The summed E-state index contributed by atoms with van der Waals surface area (Å²) in [5.74, 6) is 0.475. The van der Waals surface area contributed by atoms with Crippen LogP contribution in [-0.2, 0) is 0 Å². The first kappa shape index (κ1) is 12.8. The van der Waals surface area contributed by atoms with Crippen molar-refractivity contribution >= 4 is 11.7 Å². The van der Waals surface area contributed by atoms with Gasteiger partial charge in [0.15, 0.2) is 11.6 Å². The van der Waals surface area contributed by atoms with Crippen molar-refractivity contribution in [1.29, 1.82) is 0 Å². The lowest BCUT2D eigenvalue weighted by molar-refractivity contribution is 0.0782. The number of aromatic nitrogens is 1. The Balaban J connectivity index is 2.12. The molecule has 0 saturated heterocycles. The zero-order valence-corrected chi connectivity index (χ0v) is 10.9. The lowest BCUT2D eigenvalue weighted by Crippen LogP contribution is -2.30. The standard InChI is InChI=1S/C13H18FN3O/c1-8-6-9(8)7-17(3)13(18)10-4-5-16-12(15-2)11(10)14/h4-5,8-9H,6-7H2,1-3H3,(H,15,16). The van der Waals surface area contributed by atoms with Crippen LogP contribution in [0.5, 0.6) is 0 Å². The molecule has 1 aromatic rings. The molecule has 1 heterocycles. The monoisotopic (exact) mass is 251 g/mol. The van der Waals surface area contributed by atoms with E-state index < -0.39 is 5.82 Å². The van der Waals surface area contributed by atoms with Gasteiger partial charge in [0.2, 0.25) is 0 Å². The van der Waals surface area contributed by atoms with Crippen LogP contribution < -0.4 is 5.32 Å². The number of anilines is 1. The van der Waals surface area contributed by atoms with Crippen LogP contribution in [0.3, 0.4) is 0 Å². The predicted octanol–water partition coefficient (Wildman–Crippen LogP) is 1.99. The molecule has 2 rings (SSSR count). The summed E-state index contributed by atoms with van der Waals surface area (Å²) in [6.45, 7) is 2.85. The van der Waals surface area contributed by atoms with Crippen molar-refractivity contribution in [2.75, 3.05) is 26.0 Å². The predicted molar refractivity (Wildman–Crippen MR) is 68.0 cm³/mol. The van der Waals surface area contributed by atoms with Gasteiger partial charge in [-0.3, -0.25) is 4.79 Å². The Hall–Kier alpha value is -1.65. The van der Waals surface area contributed by atoms with Crippen LogP contribution in [0.1, 0.15) is 23.7 Å². The van der Waals surface area contributed by atoms with Gasteiger partial charge in [-0.15, -0.1) is 0 Å². The molecule has 0 aromatic carbocycles. The van der Waals surface area contributed by atoms with E-state index in [9.17, 15) is 9.18 Å². The third-order valence-corrected chi connectivity index (χ3v) is 3.49. The van der Waals surface area contributed by atoms with Gasteiger partial charge in [-0.05, 0) is 24.3 Å². The topological polar surface area (TPSA) is 45.2 Å².